The molecule has 1 aliphatic carbocycles. The van der Waals surface area contributed by atoms with Crippen LogP contribution < -0.4 is 11.6 Å². The standard InChI is InChI=1S/C13H20N6/c1-18-8-10(7-16-18)11-12(14)19(15)13(17-11)9-5-3-2-4-6-9/h7-9H,2-6,14-15H2,1H3. The van der Waals surface area contributed by atoms with Crippen LogP contribution >= 0.6 is 0 Å². The molecular weight excluding hydrogens is 240 g/mol. The molecule has 0 spiro atoms. The number of hydrogen-bond donors (Lipinski definition) is 2. The third kappa shape index (κ3) is 2.07. The summed E-state index contributed by atoms with van der Waals surface area (Å²) < 4.78 is 3.29. The fraction of sp³-hybridized carbons (Fsp3) is 0.538. The molecule has 6 nitrogen and oxygen atoms in total. The molecule has 2 aromatic rings. The Balaban J connectivity index is 1.98. The number of hydrogen-bond acceptors (Lipinski definition) is 4. The molecule has 4 N–H and O–H groups in total. The molecule has 0 saturated heterocycles. The van der Waals surface area contributed by atoms with E-state index in [0.29, 0.717) is 11.7 Å². The summed E-state index contributed by atoms with van der Waals surface area (Å²) in [7, 11) is 1.88. The molecule has 2 heterocycles. The van der Waals surface area contributed by atoms with E-state index in [-0.39, 0.29) is 0 Å². The Labute approximate surface area is 112 Å². The molecule has 0 radical (unpaired) electrons. The van der Waals surface area contributed by atoms with Gasteiger partial charge in [0.25, 0.3) is 0 Å². The molecule has 2 aromatic heterocycles. The minimum atomic E-state index is 0.437. The highest BCUT2D eigenvalue weighted by atomic mass is 15.4. The van der Waals surface area contributed by atoms with Crippen LogP contribution in [0.2, 0.25) is 0 Å². The van der Waals surface area contributed by atoms with Crippen LogP contribution in [0.5, 0.6) is 0 Å². The quantitative estimate of drug-likeness (QED) is 0.803. The molecule has 1 saturated carbocycles. The number of nitrogens with two attached hydrogens (primary N) is 2. The molecule has 0 amide bonds. The van der Waals surface area contributed by atoms with Crippen molar-refractivity contribution in [1.82, 2.24) is 19.4 Å². The van der Waals surface area contributed by atoms with E-state index in [0.717, 1.165) is 29.9 Å². The maximum Gasteiger partial charge on any atom is 0.150 e. The van der Waals surface area contributed by atoms with Gasteiger partial charge >= 0.3 is 0 Å². The van der Waals surface area contributed by atoms with E-state index < -0.39 is 0 Å². The van der Waals surface area contributed by atoms with E-state index in [2.05, 4.69) is 10.1 Å². The first-order chi connectivity index (χ1) is 9.16. The van der Waals surface area contributed by atoms with E-state index in [1.165, 1.54) is 19.3 Å². The number of aromatic nitrogens is 4. The lowest BCUT2D eigenvalue weighted by Gasteiger charge is -2.20. The van der Waals surface area contributed by atoms with Crippen LogP contribution in [-0.2, 0) is 7.05 Å². The maximum absolute atomic E-state index is 6.09. The molecule has 19 heavy (non-hydrogen) atoms. The van der Waals surface area contributed by atoms with Crippen LogP contribution in [0.3, 0.4) is 0 Å². The SMILES string of the molecule is Cn1cc(-c2nc(C3CCCCC3)n(N)c2N)cn1. The van der Waals surface area contributed by atoms with Crippen molar-refractivity contribution in [2.75, 3.05) is 11.6 Å². The van der Waals surface area contributed by atoms with Crippen LogP contribution in [-0.4, -0.2) is 19.4 Å². The maximum atomic E-state index is 6.09. The van der Waals surface area contributed by atoms with Gasteiger partial charge < -0.3 is 11.6 Å². The fourth-order valence-electron chi connectivity index (χ4n) is 2.87. The zero-order valence-electron chi connectivity index (χ0n) is 11.2. The third-order valence-electron chi connectivity index (χ3n) is 3.92. The highest BCUT2D eigenvalue weighted by molar-refractivity contribution is 5.70. The van der Waals surface area contributed by atoms with Gasteiger partial charge in [0, 0.05) is 24.7 Å². The van der Waals surface area contributed by atoms with Gasteiger partial charge in [0.1, 0.15) is 11.5 Å². The Morgan fingerprint density at radius 3 is 2.63 bits per heavy atom. The van der Waals surface area contributed by atoms with Crippen molar-refractivity contribution in [1.29, 1.82) is 0 Å². The third-order valence-corrected chi connectivity index (χ3v) is 3.92. The van der Waals surface area contributed by atoms with Crippen LogP contribution in [0.15, 0.2) is 12.4 Å². The molecule has 1 fully saturated rings. The van der Waals surface area contributed by atoms with E-state index in [1.807, 2.05) is 13.2 Å². The summed E-state index contributed by atoms with van der Waals surface area (Å²) >= 11 is 0. The number of rotatable bonds is 2. The average Bonchev–Trinajstić information content (AvgIpc) is 2.97. The minimum Gasteiger partial charge on any atom is -0.382 e. The molecule has 6 heteroatoms. The summed E-state index contributed by atoms with van der Waals surface area (Å²) in [6.07, 6.45) is 9.79. The minimum absolute atomic E-state index is 0.437. The second-order valence-electron chi connectivity index (χ2n) is 5.31. The lowest BCUT2D eigenvalue weighted by Crippen LogP contribution is -2.19. The van der Waals surface area contributed by atoms with E-state index in [4.69, 9.17) is 11.6 Å². The second kappa shape index (κ2) is 4.60. The molecule has 0 unspecified atom stereocenters. The molecule has 102 valence electrons. The monoisotopic (exact) mass is 260 g/mol. The van der Waals surface area contributed by atoms with Crippen molar-refractivity contribution in [3.63, 3.8) is 0 Å². The van der Waals surface area contributed by atoms with Crippen molar-refractivity contribution in [2.45, 2.75) is 38.0 Å². The first-order valence-corrected chi connectivity index (χ1v) is 6.79. The Hall–Kier alpha value is -1.98. The number of aryl methyl sites for hydroxylation is 1. The van der Waals surface area contributed by atoms with Gasteiger partial charge in [-0.15, -0.1) is 0 Å². The molecule has 0 aliphatic heterocycles. The van der Waals surface area contributed by atoms with Crippen LogP contribution in [0.1, 0.15) is 43.8 Å². The Morgan fingerprint density at radius 2 is 2.00 bits per heavy atom. The smallest absolute Gasteiger partial charge is 0.150 e. The lowest BCUT2D eigenvalue weighted by atomic mass is 9.89. The summed E-state index contributed by atoms with van der Waals surface area (Å²) in [5, 5.41) is 4.16. The average molecular weight is 260 g/mol. The first kappa shape index (κ1) is 12.1. The fourth-order valence-corrected chi connectivity index (χ4v) is 2.87. The van der Waals surface area contributed by atoms with Crippen LogP contribution in [0.4, 0.5) is 5.82 Å². The Morgan fingerprint density at radius 1 is 1.26 bits per heavy atom. The number of imidazole rings is 1. The van der Waals surface area contributed by atoms with E-state index >= 15 is 0 Å². The van der Waals surface area contributed by atoms with Gasteiger partial charge in [-0.3, -0.25) is 4.68 Å². The largest absolute Gasteiger partial charge is 0.382 e. The van der Waals surface area contributed by atoms with Crippen molar-refractivity contribution in [3.8, 4) is 11.3 Å². The topological polar surface area (TPSA) is 87.7 Å². The zero-order valence-corrected chi connectivity index (χ0v) is 11.2. The Kier molecular flexibility index (Phi) is 2.93. The molecular formula is C13H20N6. The van der Waals surface area contributed by atoms with E-state index in [9.17, 15) is 0 Å². The van der Waals surface area contributed by atoms with Gasteiger partial charge in [-0.1, -0.05) is 19.3 Å². The summed E-state index contributed by atoms with van der Waals surface area (Å²) in [4.78, 5) is 4.68. The van der Waals surface area contributed by atoms with Gasteiger partial charge in [-0.2, -0.15) is 5.10 Å². The van der Waals surface area contributed by atoms with Gasteiger partial charge in [0.2, 0.25) is 0 Å². The predicted octanol–water partition coefficient (Wildman–Crippen LogP) is 1.63. The van der Waals surface area contributed by atoms with Crippen LogP contribution in [0.25, 0.3) is 11.3 Å². The van der Waals surface area contributed by atoms with Gasteiger partial charge in [-0.25, -0.2) is 9.66 Å². The molecule has 0 atom stereocenters. The molecule has 0 bridgehead atoms. The highest BCUT2D eigenvalue weighted by Crippen LogP contribution is 2.35. The number of nitrogens with zero attached hydrogens (tertiary/aromatic N) is 4. The summed E-state index contributed by atoms with van der Waals surface area (Å²) in [5.41, 5.74) is 7.75. The van der Waals surface area contributed by atoms with Gasteiger partial charge in [-0.05, 0) is 12.8 Å². The van der Waals surface area contributed by atoms with E-state index in [1.54, 1.807) is 15.6 Å². The van der Waals surface area contributed by atoms with Crippen molar-refractivity contribution in [2.24, 2.45) is 7.05 Å². The predicted molar refractivity (Wildman–Crippen MR) is 74.8 cm³/mol. The Bertz CT molecular complexity index is 576. The van der Waals surface area contributed by atoms with Crippen molar-refractivity contribution < 1.29 is 0 Å². The molecule has 0 aromatic carbocycles. The number of nitrogen functional groups attached to an aromatic ring is 2. The summed E-state index contributed by atoms with van der Waals surface area (Å²) in [5.74, 6) is 7.95. The summed E-state index contributed by atoms with van der Waals surface area (Å²) in [6.45, 7) is 0. The highest BCUT2D eigenvalue weighted by Gasteiger charge is 2.24. The normalized spacial score (nSPS) is 16.9. The van der Waals surface area contributed by atoms with Gasteiger partial charge in [0.15, 0.2) is 5.82 Å². The first-order valence-electron chi connectivity index (χ1n) is 6.79. The zero-order chi connectivity index (χ0) is 13.4. The lowest BCUT2D eigenvalue weighted by molar-refractivity contribution is 0.424. The molecule has 1 aliphatic rings. The van der Waals surface area contributed by atoms with Crippen molar-refractivity contribution in [3.05, 3.63) is 18.2 Å². The van der Waals surface area contributed by atoms with Crippen LogP contribution in [0, 0.1) is 0 Å². The number of anilines is 1. The molecule has 3 rings (SSSR count). The second-order valence-corrected chi connectivity index (χ2v) is 5.31. The summed E-state index contributed by atoms with van der Waals surface area (Å²) in [6, 6.07) is 0. The van der Waals surface area contributed by atoms with Gasteiger partial charge in [0.05, 0.1) is 6.20 Å². The van der Waals surface area contributed by atoms with Crippen molar-refractivity contribution >= 4 is 5.82 Å².